The zero-order valence-electron chi connectivity index (χ0n) is 24.8. The lowest BCUT2D eigenvalue weighted by Gasteiger charge is -2.38. The van der Waals surface area contributed by atoms with Gasteiger partial charge in [-0.2, -0.15) is 0 Å². The van der Waals surface area contributed by atoms with Gasteiger partial charge in [0.25, 0.3) is 11.8 Å². The summed E-state index contributed by atoms with van der Waals surface area (Å²) in [4.78, 5) is 41.5. The first-order chi connectivity index (χ1) is 21.0. The number of primary amides is 1. The Kier molecular flexibility index (Phi) is 7.74. The highest BCUT2D eigenvalue weighted by Crippen LogP contribution is 2.34. The molecule has 4 aliphatic rings. The fraction of sp³-hybridized carbons (Fsp3) is 0.471. The highest BCUT2D eigenvalue weighted by Gasteiger charge is 2.35. The first-order valence-corrected chi connectivity index (χ1v) is 15.9. The SMILES string of the molecule is NC(=O)c1ncc(N2CCC[C@@H](N3Cc4ccccc4C3=O)C2)nc1Nc1ccc(C2CCN(C3CCCC3)CC2)cc1. The van der Waals surface area contributed by atoms with E-state index in [2.05, 4.69) is 44.4 Å². The average Bonchev–Trinajstić information content (AvgIpc) is 3.70. The van der Waals surface area contributed by atoms with Gasteiger partial charge in [-0.3, -0.25) is 9.59 Å². The van der Waals surface area contributed by atoms with Gasteiger partial charge in [0.15, 0.2) is 11.5 Å². The lowest BCUT2D eigenvalue weighted by atomic mass is 9.88. The number of nitrogens with one attached hydrogen (secondary N) is 1. The van der Waals surface area contributed by atoms with Gasteiger partial charge in [-0.15, -0.1) is 0 Å². The number of anilines is 3. The van der Waals surface area contributed by atoms with Crippen LogP contribution in [-0.4, -0.2) is 69.8 Å². The standard InChI is InChI=1S/C34H41N7O2/c35-32(42)31-33(37-26-13-11-23(12-14-26)24-15-18-39(19-16-24)27-7-2-3-8-27)38-30(20-36-31)40-17-5-9-28(22-40)41-21-25-6-1-4-10-29(25)34(41)43/h1,4,6,10-14,20,24,27-28H,2-3,5,7-9,15-19,21-22H2,(H2,35,42)(H,37,38)/t28-/m1/s1. The summed E-state index contributed by atoms with van der Waals surface area (Å²) in [7, 11) is 0. The van der Waals surface area contributed by atoms with Crippen LogP contribution in [0.2, 0.25) is 0 Å². The fourth-order valence-corrected chi connectivity index (χ4v) is 7.63. The van der Waals surface area contributed by atoms with Crippen molar-refractivity contribution in [2.24, 2.45) is 5.73 Å². The van der Waals surface area contributed by atoms with Crippen LogP contribution in [0.15, 0.2) is 54.7 Å². The number of hydrogen-bond acceptors (Lipinski definition) is 7. The van der Waals surface area contributed by atoms with E-state index in [1.165, 1.54) is 57.2 Å². The summed E-state index contributed by atoms with van der Waals surface area (Å²) in [5.74, 6) is 1.09. The zero-order chi connectivity index (χ0) is 29.3. The molecule has 0 spiro atoms. The second kappa shape index (κ2) is 12.0. The lowest BCUT2D eigenvalue weighted by molar-refractivity contribution is 0.0685. The molecule has 2 aromatic carbocycles. The third kappa shape index (κ3) is 5.70. The summed E-state index contributed by atoms with van der Waals surface area (Å²) >= 11 is 0. The number of benzene rings is 2. The van der Waals surface area contributed by atoms with Gasteiger partial charge in [-0.25, -0.2) is 9.97 Å². The Balaban J connectivity index is 1.03. The van der Waals surface area contributed by atoms with Crippen LogP contribution < -0.4 is 16.0 Å². The summed E-state index contributed by atoms with van der Waals surface area (Å²) < 4.78 is 0. The van der Waals surface area contributed by atoms with Gasteiger partial charge in [0, 0.05) is 43.0 Å². The van der Waals surface area contributed by atoms with E-state index < -0.39 is 5.91 Å². The Labute approximate surface area is 253 Å². The number of fused-ring (bicyclic) bond motifs is 1. The van der Waals surface area contributed by atoms with Crippen molar-refractivity contribution in [3.63, 3.8) is 0 Å². The molecule has 3 N–H and O–H groups in total. The number of aromatic nitrogens is 2. The van der Waals surface area contributed by atoms with Crippen molar-refractivity contribution in [1.82, 2.24) is 19.8 Å². The topological polar surface area (TPSA) is 108 Å². The number of piperidine rings is 2. The smallest absolute Gasteiger partial charge is 0.271 e. The van der Waals surface area contributed by atoms with Crippen LogP contribution >= 0.6 is 0 Å². The molecular weight excluding hydrogens is 538 g/mol. The molecule has 1 aliphatic carbocycles. The van der Waals surface area contributed by atoms with Crippen molar-refractivity contribution in [2.45, 2.75) is 75.9 Å². The molecule has 3 aromatic rings. The molecule has 2 amide bonds. The molecule has 43 heavy (non-hydrogen) atoms. The van der Waals surface area contributed by atoms with Gasteiger partial charge in [0.1, 0.15) is 5.82 Å². The van der Waals surface area contributed by atoms with Gasteiger partial charge in [0.05, 0.1) is 6.20 Å². The Hall–Kier alpha value is -3.98. The van der Waals surface area contributed by atoms with Gasteiger partial charge in [-0.1, -0.05) is 43.2 Å². The number of nitrogens with zero attached hydrogens (tertiary/aromatic N) is 5. The van der Waals surface area contributed by atoms with Crippen LogP contribution in [0, 0.1) is 0 Å². The molecule has 0 radical (unpaired) electrons. The second-order valence-corrected chi connectivity index (χ2v) is 12.6. The molecule has 224 valence electrons. The molecule has 0 bridgehead atoms. The van der Waals surface area contributed by atoms with E-state index in [1.54, 1.807) is 6.20 Å². The van der Waals surface area contributed by atoms with Crippen LogP contribution in [0.1, 0.15) is 89.3 Å². The third-order valence-electron chi connectivity index (χ3n) is 10.0. The molecule has 7 rings (SSSR count). The number of carbonyl (C=O) groups is 2. The maximum Gasteiger partial charge on any atom is 0.271 e. The van der Waals surface area contributed by atoms with E-state index in [0.29, 0.717) is 30.6 Å². The van der Waals surface area contributed by atoms with E-state index >= 15 is 0 Å². The van der Waals surface area contributed by atoms with Crippen molar-refractivity contribution >= 4 is 29.1 Å². The normalized spacial score (nSPS) is 21.8. The molecule has 0 unspecified atom stereocenters. The molecule has 3 fully saturated rings. The predicted molar refractivity (Wildman–Crippen MR) is 168 cm³/mol. The van der Waals surface area contributed by atoms with Crippen LogP contribution in [0.3, 0.4) is 0 Å². The monoisotopic (exact) mass is 579 g/mol. The van der Waals surface area contributed by atoms with Crippen LogP contribution in [-0.2, 0) is 6.54 Å². The van der Waals surface area contributed by atoms with Crippen molar-refractivity contribution in [2.75, 3.05) is 36.4 Å². The maximum absolute atomic E-state index is 13.1. The van der Waals surface area contributed by atoms with Gasteiger partial charge in [-0.05, 0) is 86.9 Å². The lowest BCUT2D eigenvalue weighted by Crippen LogP contribution is -2.48. The summed E-state index contributed by atoms with van der Waals surface area (Å²) in [6.45, 7) is 4.50. The zero-order valence-corrected chi connectivity index (χ0v) is 24.8. The second-order valence-electron chi connectivity index (χ2n) is 12.6. The molecule has 1 aromatic heterocycles. The molecule has 9 heteroatoms. The minimum absolute atomic E-state index is 0.0836. The largest absolute Gasteiger partial charge is 0.364 e. The van der Waals surface area contributed by atoms with Crippen molar-refractivity contribution in [3.05, 3.63) is 77.1 Å². The van der Waals surface area contributed by atoms with Crippen molar-refractivity contribution < 1.29 is 9.59 Å². The number of rotatable bonds is 7. The first kappa shape index (κ1) is 27.8. The minimum atomic E-state index is -0.621. The Morgan fingerprint density at radius 2 is 1.63 bits per heavy atom. The van der Waals surface area contributed by atoms with E-state index in [0.717, 1.165) is 42.2 Å². The molecule has 1 saturated carbocycles. The van der Waals surface area contributed by atoms with E-state index in [4.69, 9.17) is 10.7 Å². The summed E-state index contributed by atoms with van der Waals surface area (Å²) in [6.07, 6.45) is 11.4. The Morgan fingerprint density at radius 3 is 2.37 bits per heavy atom. The summed E-state index contributed by atoms with van der Waals surface area (Å²) in [5.41, 5.74) is 9.91. The summed E-state index contributed by atoms with van der Waals surface area (Å²) in [6, 6.07) is 17.3. The molecule has 3 aliphatic heterocycles. The number of amides is 2. The van der Waals surface area contributed by atoms with Crippen molar-refractivity contribution in [1.29, 1.82) is 0 Å². The number of carbonyl (C=O) groups excluding carboxylic acids is 2. The maximum atomic E-state index is 13.1. The molecule has 2 saturated heterocycles. The number of hydrogen-bond donors (Lipinski definition) is 2. The summed E-state index contributed by atoms with van der Waals surface area (Å²) in [5, 5.41) is 3.32. The average molecular weight is 580 g/mol. The fourth-order valence-electron chi connectivity index (χ4n) is 7.63. The van der Waals surface area contributed by atoms with Gasteiger partial charge >= 0.3 is 0 Å². The Morgan fingerprint density at radius 1 is 0.884 bits per heavy atom. The Bertz CT molecular complexity index is 1480. The van der Waals surface area contributed by atoms with Gasteiger partial charge < -0.3 is 25.8 Å². The first-order valence-electron chi connectivity index (χ1n) is 15.9. The highest BCUT2D eigenvalue weighted by molar-refractivity contribution is 5.98. The highest BCUT2D eigenvalue weighted by atomic mass is 16.2. The third-order valence-corrected chi connectivity index (χ3v) is 10.0. The molecule has 4 heterocycles. The number of likely N-dealkylation sites (tertiary alicyclic amines) is 1. The van der Waals surface area contributed by atoms with E-state index in [-0.39, 0.29) is 17.6 Å². The number of nitrogens with two attached hydrogens (primary N) is 1. The molecule has 1 atom stereocenters. The quantitative estimate of drug-likeness (QED) is 0.403. The van der Waals surface area contributed by atoms with Crippen LogP contribution in [0.25, 0.3) is 0 Å². The van der Waals surface area contributed by atoms with E-state index in [1.807, 2.05) is 29.2 Å². The van der Waals surface area contributed by atoms with Crippen molar-refractivity contribution in [3.8, 4) is 0 Å². The van der Waals surface area contributed by atoms with Crippen LogP contribution in [0.4, 0.5) is 17.3 Å². The molecular formula is C34H41N7O2. The molecule has 9 nitrogen and oxygen atoms in total. The van der Waals surface area contributed by atoms with Gasteiger partial charge in [0.2, 0.25) is 0 Å². The predicted octanol–water partition coefficient (Wildman–Crippen LogP) is 5.07. The van der Waals surface area contributed by atoms with Crippen LogP contribution in [0.5, 0.6) is 0 Å². The van der Waals surface area contributed by atoms with E-state index in [9.17, 15) is 9.59 Å². The minimum Gasteiger partial charge on any atom is -0.364 e.